The predicted octanol–water partition coefficient (Wildman–Crippen LogP) is 4.24. The number of benzene rings is 2. The lowest BCUT2D eigenvalue weighted by Gasteiger charge is -2.08. The first-order valence-electron chi connectivity index (χ1n) is 8.41. The van der Waals surface area contributed by atoms with Crippen LogP contribution in [0.1, 0.15) is 18.1 Å². The zero-order valence-electron chi connectivity index (χ0n) is 14.3. The lowest BCUT2D eigenvalue weighted by molar-refractivity contribution is 1.06. The minimum Gasteiger partial charge on any atom is -0.370 e. The minimum atomic E-state index is 0.413. The van der Waals surface area contributed by atoms with Gasteiger partial charge < -0.3 is 11.1 Å². The number of nitrogens with zero attached hydrogens (tertiary/aromatic N) is 2. The van der Waals surface area contributed by atoms with Crippen molar-refractivity contribution in [1.82, 2.24) is 4.98 Å². The maximum atomic E-state index is 6.02. The largest absolute Gasteiger partial charge is 0.370 e. The fraction of sp³-hybridized carbons (Fsp3) is 0.143. The van der Waals surface area contributed by atoms with E-state index in [0.717, 1.165) is 28.9 Å². The van der Waals surface area contributed by atoms with Crippen LogP contribution in [0.15, 0.2) is 77.9 Å². The van der Waals surface area contributed by atoms with Crippen LogP contribution >= 0.6 is 0 Å². The molecule has 4 nitrogen and oxygen atoms in total. The van der Waals surface area contributed by atoms with E-state index in [1.165, 1.54) is 5.56 Å². The van der Waals surface area contributed by atoms with Crippen LogP contribution in [0.25, 0.3) is 11.3 Å². The minimum absolute atomic E-state index is 0.413. The van der Waals surface area contributed by atoms with E-state index in [1.54, 1.807) is 6.20 Å². The molecule has 0 unspecified atom stereocenters. The molecule has 3 aromatic rings. The zero-order valence-corrected chi connectivity index (χ0v) is 14.3. The van der Waals surface area contributed by atoms with Gasteiger partial charge in [0.25, 0.3) is 0 Å². The molecule has 2 aromatic carbocycles. The van der Waals surface area contributed by atoms with Gasteiger partial charge in [-0.2, -0.15) is 0 Å². The SMILES string of the molecule is CCc1cccc(NC(N)=NCc2cccc(-c3ccccn3)c2)c1. The molecule has 1 aromatic heterocycles. The van der Waals surface area contributed by atoms with Gasteiger partial charge in [0.05, 0.1) is 12.2 Å². The fourth-order valence-corrected chi connectivity index (χ4v) is 2.60. The average molecular weight is 330 g/mol. The molecular weight excluding hydrogens is 308 g/mol. The Bertz CT molecular complexity index is 857. The molecule has 0 aliphatic carbocycles. The Morgan fingerprint density at radius 2 is 1.84 bits per heavy atom. The number of aromatic nitrogens is 1. The highest BCUT2D eigenvalue weighted by Crippen LogP contribution is 2.18. The van der Waals surface area contributed by atoms with Crippen LogP contribution in [0.3, 0.4) is 0 Å². The molecule has 0 radical (unpaired) electrons. The first kappa shape index (κ1) is 16.7. The number of aliphatic imine (C=N–C) groups is 1. The summed E-state index contributed by atoms with van der Waals surface area (Å²) in [4.78, 5) is 8.83. The highest BCUT2D eigenvalue weighted by atomic mass is 15.1. The summed E-state index contributed by atoms with van der Waals surface area (Å²) in [7, 11) is 0. The van der Waals surface area contributed by atoms with E-state index in [-0.39, 0.29) is 0 Å². The molecule has 3 rings (SSSR count). The van der Waals surface area contributed by atoms with Crippen LogP contribution in [0.4, 0.5) is 5.69 Å². The third-order valence-corrected chi connectivity index (χ3v) is 3.93. The van der Waals surface area contributed by atoms with Crippen molar-refractivity contribution in [3.63, 3.8) is 0 Å². The van der Waals surface area contributed by atoms with Gasteiger partial charge in [-0.3, -0.25) is 4.98 Å². The third-order valence-electron chi connectivity index (χ3n) is 3.93. The van der Waals surface area contributed by atoms with E-state index in [9.17, 15) is 0 Å². The summed E-state index contributed by atoms with van der Waals surface area (Å²) in [6.45, 7) is 2.65. The molecule has 25 heavy (non-hydrogen) atoms. The van der Waals surface area contributed by atoms with Crippen LogP contribution in [-0.4, -0.2) is 10.9 Å². The molecule has 3 N–H and O–H groups in total. The Kier molecular flexibility index (Phi) is 5.42. The smallest absolute Gasteiger partial charge is 0.193 e. The van der Waals surface area contributed by atoms with Crippen molar-refractivity contribution in [3.05, 3.63) is 84.1 Å². The van der Waals surface area contributed by atoms with Gasteiger partial charge in [0, 0.05) is 17.4 Å². The molecule has 1 heterocycles. The number of rotatable bonds is 5. The molecule has 0 aliphatic rings. The number of hydrogen-bond acceptors (Lipinski definition) is 2. The van der Waals surface area contributed by atoms with Gasteiger partial charge in [0.15, 0.2) is 5.96 Å². The quantitative estimate of drug-likeness (QED) is 0.543. The Balaban J connectivity index is 1.68. The van der Waals surface area contributed by atoms with Crippen molar-refractivity contribution in [2.75, 3.05) is 5.32 Å². The molecule has 0 fully saturated rings. The Hall–Kier alpha value is -3.14. The fourth-order valence-electron chi connectivity index (χ4n) is 2.60. The molecule has 0 amide bonds. The van der Waals surface area contributed by atoms with E-state index in [4.69, 9.17) is 5.73 Å². The highest BCUT2D eigenvalue weighted by Gasteiger charge is 2.01. The number of nitrogens with two attached hydrogens (primary N) is 1. The normalized spacial score (nSPS) is 11.3. The first-order valence-corrected chi connectivity index (χ1v) is 8.41. The summed E-state index contributed by atoms with van der Waals surface area (Å²) in [6.07, 6.45) is 2.79. The molecule has 0 saturated carbocycles. The molecule has 0 bridgehead atoms. The van der Waals surface area contributed by atoms with E-state index in [1.807, 2.05) is 48.5 Å². The number of guanidine groups is 1. The van der Waals surface area contributed by atoms with E-state index in [2.05, 4.69) is 40.4 Å². The van der Waals surface area contributed by atoms with Gasteiger partial charge in [-0.25, -0.2) is 4.99 Å². The number of hydrogen-bond donors (Lipinski definition) is 2. The number of aryl methyl sites for hydroxylation is 1. The van der Waals surface area contributed by atoms with Crippen LogP contribution in [0.5, 0.6) is 0 Å². The van der Waals surface area contributed by atoms with Crippen molar-refractivity contribution in [2.45, 2.75) is 19.9 Å². The van der Waals surface area contributed by atoms with Gasteiger partial charge in [-0.15, -0.1) is 0 Å². The maximum Gasteiger partial charge on any atom is 0.193 e. The molecular formula is C21H22N4. The van der Waals surface area contributed by atoms with Gasteiger partial charge in [0.2, 0.25) is 0 Å². The molecule has 0 atom stereocenters. The van der Waals surface area contributed by atoms with Crippen molar-refractivity contribution >= 4 is 11.6 Å². The predicted molar refractivity (Wildman–Crippen MR) is 104 cm³/mol. The van der Waals surface area contributed by atoms with Crippen molar-refractivity contribution in [1.29, 1.82) is 0 Å². The lowest BCUT2D eigenvalue weighted by Crippen LogP contribution is -2.22. The lowest BCUT2D eigenvalue weighted by atomic mass is 10.1. The summed E-state index contributed by atoms with van der Waals surface area (Å²) in [6, 6.07) is 22.3. The number of pyridine rings is 1. The second-order valence-electron chi connectivity index (χ2n) is 5.80. The van der Waals surface area contributed by atoms with E-state index < -0.39 is 0 Å². The van der Waals surface area contributed by atoms with Crippen molar-refractivity contribution < 1.29 is 0 Å². The van der Waals surface area contributed by atoms with Gasteiger partial charge in [0.1, 0.15) is 0 Å². The zero-order chi connectivity index (χ0) is 17.5. The first-order chi connectivity index (χ1) is 12.2. The molecule has 0 aliphatic heterocycles. The number of nitrogens with one attached hydrogen (secondary N) is 1. The second kappa shape index (κ2) is 8.11. The monoisotopic (exact) mass is 330 g/mol. The van der Waals surface area contributed by atoms with Crippen LogP contribution in [0.2, 0.25) is 0 Å². The highest BCUT2D eigenvalue weighted by molar-refractivity contribution is 5.92. The van der Waals surface area contributed by atoms with Crippen LogP contribution < -0.4 is 11.1 Å². The average Bonchev–Trinajstić information content (AvgIpc) is 2.67. The van der Waals surface area contributed by atoms with Crippen molar-refractivity contribution in [3.8, 4) is 11.3 Å². The molecule has 0 saturated heterocycles. The van der Waals surface area contributed by atoms with Crippen LogP contribution in [-0.2, 0) is 13.0 Å². The Morgan fingerprint density at radius 1 is 1.00 bits per heavy atom. The third kappa shape index (κ3) is 4.67. The Labute approximate surface area is 148 Å². The Morgan fingerprint density at radius 3 is 2.64 bits per heavy atom. The van der Waals surface area contributed by atoms with E-state index >= 15 is 0 Å². The molecule has 4 heteroatoms. The van der Waals surface area contributed by atoms with Gasteiger partial charge in [-0.1, -0.05) is 43.3 Å². The topological polar surface area (TPSA) is 63.3 Å². The van der Waals surface area contributed by atoms with E-state index in [0.29, 0.717) is 12.5 Å². The number of anilines is 1. The molecule has 0 spiro atoms. The van der Waals surface area contributed by atoms with Gasteiger partial charge >= 0.3 is 0 Å². The summed E-state index contributed by atoms with van der Waals surface area (Å²) < 4.78 is 0. The molecule has 126 valence electrons. The second-order valence-corrected chi connectivity index (χ2v) is 5.80. The van der Waals surface area contributed by atoms with Crippen molar-refractivity contribution in [2.24, 2.45) is 10.7 Å². The summed E-state index contributed by atoms with van der Waals surface area (Å²) in [5.74, 6) is 0.413. The van der Waals surface area contributed by atoms with Crippen LogP contribution in [0, 0.1) is 0 Å². The van der Waals surface area contributed by atoms with Gasteiger partial charge in [-0.05, 0) is 47.9 Å². The maximum absolute atomic E-state index is 6.02. The standard InChI is InChI=1S/C21H22N4/c1-2-16-7-6-10-19(14-16)25-21(22)24-15-17-8-5-9-18(13-17)20-11-3-4-12-23-20/h3-14H,2,15H2,1H3,(H3,22,24,25). The summed E-state index contributed by atoms with van der Waals surface area (Å²) >= 11 is 0. The summed E-state index contributed by atoms with van der Waals surface area (Å²) in [5.41, 5.74) is 11.4. The summed E-state index contributed by atoms with van der Waals surface area (Å²) in [5, 5.41) is 3.15.